The minimum atomic E-state index is -3.16. The Morgan fingerprint density at radius 2 is 1.81 bits per heavy atom. The molecule has 0 aliphatic rings. The lowest BCUT2D eigenvalue weighted by Crippen LogP contribution is -2.32. The number of rotatable bonds is 5. The van der Waals surface area contributed by atoms with E-state index in [4.69, 9.17) is 0 Å². The maximum Gasteiger partial charge on any atom is 0.179 e. The summed E-state index contributed by atoms with van der Waals surface area (Å²) < 4.78 is 24.0. The molecule has 90 valence electrons. The molecule has 0 spiro atoms. The van der Waals surface area contributed by atoms with Gasteiger partial charge >= 0.3 is 0 Å². The lowest BCUT2D eigenvalue weighted by atomic mass is 10.2. The van der Waals surface area contributed by atoms with Crippen LogP contribution in [0.1, 0.15) is 19.4 Å². The summed E-state index contributed by atoms with van der Waals surface area (Å²) in [5, 5.41) is 3.10. The van der Waals surface area contributed by atoms with Crippen molar-refractivity contribution in [1.29, 1.82) is 0 Å². The van der Waals surface area contributed by atoms with Gasteiger partial charge in [-0.25, -0.2) is 8.42 Å². The van der Waals surface area contributed by atoms with Gasteiger partial charge in [-0.3, -0.25) is 0 Å². The van der Waals surface area contributed by atoms with Crippen molar-refractivity contribution in [2.75, 3.05) is 12.3 Å². The lowest BCUT2D eigenvalue weighted by Gasteiger charge is -2.12. The van der Waals surface area contributed by atoms with Gasteiger partial charge < -0.3 is 5.32 Å². The maximum absolute atomic E-state index is 12.0. The third kappa shape index (κ3) is 3.61. The van der Waals surface area contributed by atoms with Crippen LogP contribution >= 0.6 is 0 Å². The molecule has 0 aromatic heterocycles. The Labute approximate surface area is 97.8 Å². The summed E-state index contributed by atoms with van der Waals surface area (Å²) in [4.78, 5) is 0.405. The van der Waals surface area contributed by atoms with E-state index >= 15 is 0 Å². The predicted octanol–water partition coefficient (Wildman–Crippen LogP) is 1.77. The average molecular weight is 241 g/mol. The van der Waals surface area contributed by atoms with Gasteiger partial charge in [0.1, 0.15) is 0 Å². The zero-order valence-corrected chi connectivity index (χ0v) is 10.8. The van der Waals surface area contributed by atoms with Gasteiger partial charge in [-0.2, -0.15) is 0 Å². The molecule has 0 saturated carbocycles. The third-order valence-electron chi connectivity index (χ3n) is 2.40. The Morgan fingerprint density at radius 3 is 2.31 bits per heavy atom. The first-order valence-corrected chi connectivity index (χ1v) is 7.13. The van der Waals surface area contributed by atoms with Gasteiger partial charge in [0.25, 0.3) is 0 Å². The fourth-order valence-corrected chi connectivity index (χ4v) is 3.10. The molecule has 0 heterocycles. The Morgan fingerprint density at radius 1 is 1.25 bits per heavy atom. The molecule has 1 aromatic carbocycles. The molecule has 0 fully saturated rings. The fraction of sp³-hybridized carbons (Fsp3) is 0.500. The molecule has 0 aliphatic heterocycles. The van der Waals surface area contributed by atoms with Crippen LogP contribution in [0.4, 0.5) is 0 Å². The Balaban J connectivity index is 2.82. The highest BCUT2D eigenvalue weighted by molar-refractivity contribution is 7.91. The van der Waals surface area contributed by atoms with Gasteiger partial charge in [0.05, 0.1) is 10.6 Å². The third-order valence-corrected chi connectivity index (χ3v) is 4.33. The van der Waals surface area contributed by atoms with Gasteiger partial charge in [0, 0.05) is 6.04 Å². The van der Waals surface area contributed by atoms with Crippen molar-refractivity contribution >= 4 is 9.84 Å². The minimum Gasteiger partial charge on any atom is -0.314 e. The Bertz CT molecular complexity index is 423. The van der Waals surface area contributed by atoms with Crippen LogP contribution in [0.2, 0.25) is 0 Å². The first kappa shape index (κ1) is 13.2. The van der Waals surface area contributed by atoms with E-state index in [-0.39, 0.29) is 11.8 Å². The smallest absolute Gasteiger partial charge is 0.179 e. The second kappa shape index (κ2) is 5.46. The highest BCUT2D eigenvalue weighted by Gasteiger charge is 2.17. The lowest BCUT2D eigenvalue weighted by molar-refractivity contribution is 0.566. The van der Waals surface area contributed by atoms with Gasteiger partial charge in [0.15, 0.2) is 9.84 Å². The van der Waals surface area contributed by atoms with Gasteiger partial charge in [-0.05, 0) is 32.5 Å². The molecule has 0 bridgehead atoms. The van der Waals surface area contributed by atoms with E-state index in [0.717, 1.165) is 12.1 Å². The van der Waals surface area contributed by atoms with Gasteiger partial charge in [0.2, 0.25) is 0 Å². The number of hydrogen-bond donors (Lipinski definition) is 1. The number of sulfone groups is 1. The van der Waals surface area contributed by atoms with Crippen LogP contribution in [-0.2, 0) is 9.84 Å². The van der Waals surface area contributed by atoms with E-state index < -0.39 is 9.84 Å². The van der Waals surface area contributed by atoms with E-state index in [1.807, 2.05) is 32.9 Å². The SMILES string of the molecule is CCNC(C)CS(=O)(=O)c1ccc(C)cc1. The highest BCUT2D eigenvalue weighted by Crippen LogP contribution is 2.12. The van der Waals surface area contributed by atoms with Crippen LogP contribution in [0.3, 0.4) is 0 Å². The molecule has 0 radical (unpaired) electrons. The molecular formula is C12H19NO2S. The van der Waals surface area contributed by atoms with Gasteiger partial charge in [-0.1, -0.05) is 24.6 Å². The summed E-state index contributed by atoms with van der Waals surface area (Å²) >= 11 is 0. The van der Waals surface area contributed by atoms with Crippen LogP contribution < -0.4 is 5.32 Å². The highest BCUT2D eigenvalue weighted by atomic mass is 32.2. The molecule has 1 unspecified atom stereocenters. The quantitative estimate of drug-likeness (QED) is 0.854. The van der Waals surface area contributed by atoms with Crippen LogP contribution in [0, 0.1) is 6.92 Å². The number of nitrogens with one attached hydrogen (secondary N) is 1. The molecule has 0 amide bonds. The fourth-order valence-electron chi connectivity index (χ4n) is 1.58. The molecule has 4 heteroatoms. The maximum atomic E-state index is 12.0. The zero-order chi connectivity index (χ0) is 12.2. The van der Waals surface area contributed by atoms with E-state index in [2.05, 4.69) is 5.32 Å². The van der Waals surface area contributed by atoms with Crippen molar-refractivity contribution in [1.82, 2.24) is 5.32 Å². The van der Waals surface area contributed by atoms with Crippen molar-refractivity contribution in [2.24, 2.45) is 0 Å². The summed E-state index contributed by atoms with van der Waals surface area (Å²) in [5.74, 6) is 0.143. The molecule has 1 N–H and O–H groups in total. The first-order chi connectivity index (χ1) is 7.45. The van der Waals surface area contributed by atoms with Gasteiger partial charge in [-0.15, -0.1) is 0 Å². The topological polar surface area (TPSA) is 46.2 Å². The molecule has 3 nitrogen and oxygen atoms in total. The van der Waals surface area contributed by atoms with E-state index in [1.54, 1.807) is 12.1 Å². The van der Waals surface area contributed by atoms with E-state index in [0.29, 0.717) is 4.90 Å². The van der Waals surface area contributed by atoms with Crippen molar-refractivity contribution in [3.63, 3.8) is 0 Å². The molecule has 0 aliphatic carbocycles. The standard InChI is InChI=1S/C12H19NO2S/c1-4-13-11(3)9-16(14,15)12-7-5-10(2)6-8-12/h5-8,11,13H,4,9H2,1-3H3. The average Bonchev–Trinajstić information content (AvgIpc) is 2.17. The number of benzene rings is 1. The summed E-state index contributed by atoms with van der Waals surface area (Å²) in [6, 6.07) is 6.97. The van der Waals surface area contributed by atoms with Crippen molar-refractivity contribution in [3.8, 4) is 0 Å². The summed E-state index contributed by atoms with van der Waals surface area (Å²) in [5.41, 5.74) is 1.07. The predicted molar refractivity (Wildman–Crippen MR) is 66.4 cm³/mol. The molecular weight excluding hydrogens is 222 g/mol. The zero-order valence-electron chi connectivity index (χ0n) is 10.0. The number of hydrogen-bond acceptors (Lipinski definition) is 3. The van der Waals surface area contributed by atoms with Crippen molar-refractivity contribution in [2.45, 2.75) is 31.7 Å². The monoisotopic (exact) mass is 241 g/mol. The molecule has 16 heavy (non-hydrogen) atoms. The summed E-state index contributed by atoms with van der Waals surface area (Å²) in [7, 11) is -3.16. The summed E-state index contributed by atoms with van der Waals surface area (Å²) in [6.45, 7) is 6.58. The summed E-state index contributed by atoms with van der Waals surface area (Å²) in [6.07, 6.45) is 0. The molecule has 0 saturated heterocycles. The van der Waals surface area contributed by atoms with E-state index in [1.165, 1.54) is 0 Å². The van der Waals surface area contributed by atoms with Crippen LogP contribution in [0.5, 0.6) is 0 Å². The van der Waals surface area contributed by atoms with Crippen molar-refractivity contribution < 1.29 is 8.42 Å². The molecule has 1 rings (SSSR count). The van der Waals surface area contributed by atoms with Crippen LogP contribution in [0.15, 0.2) is 29.2 Å². The molecule has 1 aromatic rings. The Kier molecular flexibility index (Phi) is 4.50. The number of aryl methyl sites for hydroxylation is 1. The van der Waals surface area contributed by atoms with E-state index in [9.17, 15) is 8.42 Å². The normalized spacial score (nSPS) is 13.7. The second-order valence-electron chi connectivity index (χ2n) is 4.05. The Hall–Kier alpha value is -0.870. The van der Waals surface area contributed by atoms with Crippen LogP contribution in [0.25, 0.3) is 0 Å². The van der Waals surface area contributed by atoms with Crippen LogP contribution in [-0.4, -0.2) is 26.8 Å². The van der Waals surface area contributed by atoms with Crippen molar-refractivity contribution in [3.05, 3.63) is 29.8 Å². The first-order valence-electron chi connectivity index (χ1n) is 5.48. The minimum absolute atomic E-state index is 0.0173. The second-order valence-corrected chi connectivity index (χ2v) is 6.09. The molecule has 1 atom stereocenters. The largest absolute Gasteiger partial charge is 0.314 e.